The maximum Gasteiger partial charge on any atom is 0.433 e. The Bertz CT molecular complexity index is 1460. The molecule has 1 aliphatic rings. The fraction of sp³-hybridized carbons (Fsp3) is 0.179. The van der Waals surface area contributed by atoms with E-state index in [9.17, 15) is 32.3 Å². The first kappa shape index (κ1) is 27.5. The minimum atomic E-state index is -4.64. The Balaban J connectivity index is 1.67. The molecule has 2 aromatic carbocycles. The van der Waals surface area contributed by atoms with Crippen molar-refractivity contribution in [2.75, 3.05) is 29.6 Å². The van der Waals surface area contributed by atoms with Gasteiger partial charge in [0, 0.05) is 49.1 Å². The molecule has 2 heterocycles. The molecule has 39 heavy (non-hydrogen) atoms. The number of amides is 2. The molecule has 1 unspecified atom stereocenters. The number of carbonyl (C=O) groups excluding carboxylic acids is 2. The number of rotatable bonds is 6. The summed E-state index contributed by atoms with van der Waals surface area (Å²) in [4.78, 5) is 29.7. The van der Waals surface area contributed by atoms with Gasteiger partial charge in [-0.05, 0) is 47.5 Å². The predicted octanol–water partition coefficient (Wildman–Crippen LogP) is 4.79. The summed E-state index contributed by atoms with van der Waals surface area (Å²) < 4.78 is 53.6. The Hall–Kier alpha value is -4.51. The molecule has 0 bridgehead atoms. The van der Waals surface area contributed by atoms with Crippen LogP contribution in [0.15, 0.2) is 72.8 Å². The van der Waals surface area contributed by atoms with Gasteiger partial charge in [0.25, 0.3) is 5.91 Å². The summed E-state index contributed by atoms with van der Waals surface area (Å²) in [6, 6.07) is 12.5. The van der Waals surface area contributed by atoms with Crippen LogP contribution in [0.25, 0.3) is 5.57 Å². The second kappa shape index (κ2) is 11.1. The summed E-state index contributed by atoms with van der Waals surface area (Å²) in [6.45, 7) is 0. The molecule has 0 aliphatic carbocycles. The first-order valence-corrected chi connectivity index (χ1v) is 11.8. The topological polar surface area (TPSA) is 94.6 Å². The largest absolute Gasteiger partial charge is 0.433 e. The summed E-state index contributed by atoms with van der Waals surface area (Å²) in [7, 11) is 3.11. The number of carbonyl (C=O) groups is 2. The van der Waals surface area contributed by atoms with Gasteiger partial charge < -0.3 is 20.6 Å². The smallest absolute Gasteiger partial charge is 0.383 e. The third-order valence-corrected chi connectivity index (χ3v) is 5.94. The number of aliphatic hydroxyl groups excluding tert-OH is 1. The zero-order chi connectivity index (χ0) is 28.3. The SMILES string of the molecule is CN(C)c1nc(C(F)(F)F)ccc1/C(=C\C=C\C(=O)Nc1cccc2c1CC(O)C(=O)N2)c1ccc(F)cc1. The number of aromatic nitrogens is 1. The van der Waals surface area contributed by atoms with Crippen LogP contribution < -0.4 is 15.5 Å². The molecule has 0 saturated heterocycles. The zero-order valence-electron chi connectivity index (χ0n) is 20.9. The molecular formula is C28H24F4N4O3. The van der Waals surface area contributed by atoms with Crippen molar-refractivity contribution in [1.29, 1.82) is 0 Å². The monoisotopic (exact) mass is 540 g/mol. The van der Waals surface area contributed by atoms with E-state index in [1.54, 1.807) is 32.3 Å². The summed E-state index contributed by atoms with van der Waals surface area (Å²) in [5, 5.41) is 15.2. The van der Waals surface area contributed by atoms with E-state index in [-0.39, 0.29) is 12.2 Å². The highest BCUT2D eigenvalue weighted by molar-refractivity contribution is 6.03. The number of fused-ring (bicyclic) bond motifs is 1. The van der Waals surface area contributed by atoms with Gasteiger partial charge >= 0.3 is 6.18 Å². The zero-order valence-corrected chi connectivity index (χ0v) is 20.9. The number of aliphatic hydroxyl groups is 1. The fourth-order valence-electron chi connectivity index (χ4n) is 4.08. The highest BCUT2D eigenvalue weighted by Gasteiger charge is 2.33. The van der Waals surface area contributed by atoms with Crippen molar-refractivity contribution in [2.24, 2.45) is 0 Å². The first-order chi connectivity index (χ1) is 18.4. The average molecular weight is 541 g/mol. The van der Waals surface area contributed by atoms with E-state index in [1.807, 2.05) is 0 Å². The number of hydrogen-bond donors (Lipinski definition) is 3. The number of pyridine rings is 1. The van der Waals surface area contributed by atoms with E-state index in [4.69, 9.17) is 0 Å². The van der Waals surface area contributed by atoms with E-state index < -0.39 is 35.6 Å². The van der Waals surface area contributed by atoms with Gasteiger partial charge in [-0.3, -0.25) is 9.59 Å². The third-order valence-electron chi connectivity index (χ3n) is 5.94. The number of hydrogen-bond acceptors (Lipinski definition) is 5. The van der Waals surface area contributed by atoms with Gasteiger partial charge in [-0.15, -0.1) is 0 Å². The Labute approximate surface area is 221 Å². The lowest BCUT2D eigenvalue weighted by Crippen LogP contribution is -2.34. The van der Waals surface area contributed by atoms with Gasteiger partial charge in [-0.2, -0.15) is 13.2 Å². The minimum absolute atomic E-state index is 0.0319. The van der Waals surface area contributed by atoms with E-state index in [0.29, 0.717) is 33.6 Å². The molecule has 3 aromatic rings. The Morgan fingerprint density at radius 2 is 1.85 bits per heavy atom. The van der Waals surface area contributed by atoms with Crippen LogP contribution >= 0.6 is 0 Å². The van der Waals surface area contributed by atoms with E-state index >= 15 is 0 Å². The fourth-order valence-corrected chi connectivity index (χ4v) is 4.08. The summed E-state index contributed by atoms with van der Waals surface area (Å²) in [5.41, 5.74) is 1.64. The minimum Gasteiger partial charge on any atom is -0.383 e. The van der Waals surface area contributed by atoms with Crippen LogP contribution in [-0.4, -0.2) is 42.1 Å². The molecule has 1 aromatic heterocycles. The molecule has 7 nitrogen and oxygen atoms in total. The van der Waals surface area contributed by atoms with Crippen LogP contribution in [0, 0.1) is 5.82 Å². The van der Waals surface area contributed by atoms with Gasteiger partial charge in [0.15, 0.2) is 0 Å². The second-order valence-electron chi connectivity index (χ2n) is 8.94. The maximum absolute atomic E-state index is 13.6. The first-order valence-electron chi connectivity index (χ1n) is 11.8. The quantitative estimate of drug-likeness (QED) is 0.238. The summed E-state index contributed by atoms with van der Waals surface area (Å²) in [5.74, 6) is -1.50. The molecule has 0 saturated carbocycles. The summed E-state index contributed by atoms with van der Waals surface area (Å²) >= 11 is 0. The van der Waals surface area contributed by atoms with Crippen molar-refractivity contribution in [3.8, 4) is 0 Å². The lowest BCUT2D eigenvalue weighted by Gasteiger charge is -2.23. The highest BCUT2D eigenvalue weighted by atomic mass is 19.4. The molecule has 0 radical (unpaired) electrons. The van der Waals surface area contributed by atoms with Crippen molar-refractivity contribution in [1.82, 2.24) is 4.98 Å². The van der Waals surface area contributed by atoms with Gasteiger partial charge in [0.1, 0.15) is 23.4 Å². The molecule has 1 atom stereocenters. The van der Waals surface area contributed by atoms with Crippen LogP contribution in [0.1, 0.15) is 22.4 Å². The van der Waals surface area contributed by atoms with Crippen LogP contribution in [0.5, 0.6) is 0 Å². The van der Waals surface area contributed by atoms with Crippen LogP contribution in [0.2, 0.25) is 0 Å². The maximum atomic E-state index is 13.6. The lowest BCUT2D eigenvalue weighted by molar-refractivity contribution is -0.141. The van der Waals surface area contributed by atoms with Crippen molar-refractivity contribution < 1.29 is 32.3 Å². The van der Waals surface area contributed by atoms with E-state index in [1.165, 1.54) is 53.5 Å². The molecule has 0 fully saturated rings. The van der Waals surface area contributed by atoms with Crippen molar-refractivity contribution in [3.63, 3.8) is 0 Å². The number of alkyl halides is 3. The average Bonchev–Trinajstić information content (AvgIpc) is 2.87. The van der Waals surface area contributed by atoms with Crippen molar-refractivity contribution >= 4 is 34.6 Å². The standard InChI is InChI=1S/C28H24F4N4O3/c1-36(2)26-19(13-14-24(35-26)28(30,31)32)18(16-9-11-17(29)12-10-16)5-3-8-25(38)33-21-6-4-7-22-20(21)15-23(37)27(39)34-22/h3-14,23,37H,15H2,1-2H3,(H,33,38)(H,34,39)/b8-3+,18-5-. The molecule has 3 N–H and O–H groups in total. The van der Waals surface area contributed by atoms with E-state index in [0.717, 1.165) is 6.07 Å². The van der Waals surface area contributed by atoms with Crippen molar-refractivity contribution in [3.05, 3.63) is 101 Å². The number of anilines is 3. The molecule has 0 spiro atoms. The number of allylic oxidation sites excluding steroid dienone is 2. The normalized spacial score (nSPS) is 15.6. The Morgan fingerprint density at radius 3 is 2.51 bits per heavy atom. The second-order valence-corrected chi connectivity index (χ2v) is 8.94. The van der Waals surface area contributed by atoms with Crippen molar-refractivity contribution in [2.45, 2.75) is 18.7 Å². The molecule has 11 heteroatoms. The lowest BCUT2D eigenvalue weighted by atomic mass is 9.97. The third kappa shape index (κ3) is 6.32. The summed E-state index contributed by atoms with van der Waals surface area (Å²) in [6.07, 6.45) is -1.70. The molecular weight excluding hydrogens is 516 g/mol. The van der Waals surface area contributed by atoms with Gasteiger partial charge in [0.2, 0.25) is 5.91 Å². The molecule has 202 valence electrons. The molecule has 2 amide bonds. The number of halogens is 4. The van der Waals surface area contributed by atoms with Gasteiger partial charge in [-0.1, -0.05) is 30.4 Å². The van der Waals surface area contributed by atoms with Gasteiger partial charge in [-0.25, -0.2) is 9.37 Å². The Kier molecular flexibility index (Phi) is 7.82. The Morgan fingerprint density at radius 1 is 1.13 bits per heavy atom. The number of nitrogens with zero attached hydrogens (tertiary/aromatic N) is 2. The molecule has 1 aliphatic heterocycles. The van der Waals surface area contributed by atoms with Crippen LogP contribution in [-0.2, 0) is 22.2 Å². The van der Waals surface area contributed by atoms with Crippen LogP contribution in [0.4, 0.5) is 34.8 Å². The number of nitrogens with one attached hydrogen (secondary N) is 2. The molecule has 4 rings (SSSR count). The van der Waals surface area contributed by atoms with E-state index in [2.05, 4.69) is 15.6 Å². The number of benzene rings is 2. The van der Waals surface area contributed by atoms with Crippen LogP contribution in [0.3, 0.4) is 0 Å². The van der Waals surface area contributed by atoms with Gasteiger partial charge in [0.05, 0.1) is 0 Å². The highest BCUT2D eigenvalue weighted by Crippen LogP contribution is 2.35. The predicted molar refractivity (Wildman–Crippen MR) is 140 cm³/mol.